The molecule has 5 rings (SSSR count). The van der Waals surface area contributed by atoms with Crippen molar-refractivity contribution in [3.05, 3.63) is 53.3 Å². The highest BCUT2D eigenvalue weighted by Gasteiger charge is 2.75. The zero-order chi connectivity index (χ0) is 35.0. The fourth-order valence-corrected chi connectivity index (χ4v) is 6.93. The first kappa shape index (κ1) is 36.3. The van der Waals surface area contributed by atoms with Crippen LogP contribution in [0.3, 0.4) is 0 Å². The van der Waals surface area contributed by atoms with Crippen molar-refractivity contribution in [2.45, 2.75) is 73.7 Å². The first-order valence-corrected chi connectivity index (χ1v) is 16.9. The van der Waals surface area contributed by atoms with Crippen LogP contribution in [0.5, 0.6) is 5.88 Å². The number of pyridine rings is 2. The lowest BCUT2D eigenvalue weighted by atomic mass is 9.52. The van der Waals surface area contributed by atoms with Crippen LogP contribution >= 0.6 is 23.5 Å². The number of nitrogens with one attached hydrogen (secondary N) is 3. The van der Waals surface area contributed by atoms with E-state index in [0.29, 0.717) is 16.8 Å². The van der Waals surface area contributed by atoms with E-state index in [1.807, 2.05) is 12.1 Å². The van der Waals surface area contributed by atoms with Gasteiger partial charge in [0.2, 0.25) is 5.88 Å². The number of anilines is 1. The largest absolute Gasteiger partial charge is 0.474 e. The van der Waals surface area contributed by atoms with Crippen molar-refractivity contribution >= 4 is 51.0 Å². The number of hydrogen-bond acceptors (Lipinski definition) is 10. The number of amides is 1. The minimum absolute atomic E-state index is 0.0292. The van der Waals surface area contributed by atoms with E-state index in [-0.39, 0.29) is 40.8 Å². The summed E-state index contributed by atoms with van der Waals surface area (Å²) in [6.45, 7) is 5.66. The molecule has 1 saturated carbocycles. The van der Waals surface area contributed by atoms with Crippen LogP contribution in [-0.4, -0.2) is 94.0 Å². The zero-order valence-electron chi connectivity index (χ0n) is 27.2. The van der Waals surface area contributed by atoms with Gasteiger partial charge in [0.25, 0.3) is 5.91 Å². The fraction of sp³-hybridized carbons (Fsp3) is 0.533. The smallest absolute Gasteiger partial charge is 0.396 e. The molecule has 2 aliphatic rings. The minimum Gasteiger partial charge on any atom is -0.474 e. The van der Waals surface area contributed by atoms with E-state index < -0.39 is 35.1 Å². The highest BCUT2D eigenvalue weighted by atomic mass is 35.5. The van der Waals surface area contributed by atoms with Crippen LogP contribution in [0, 0.1) is 11.3 Å². The Kier molecular flexibility index (Phi) is 10.4. The predicted molar refractivity (Wildman–Crippen MR) is 182 cm³/mol. The number of ether oxygens (including phenoxy) is 1. The summed E-state index contributed by atoms with van der Waals surface area (Å²) in [4.78, 5) is 21.7. The first-order valence-electron chi connectivity index (χ1n) is 15.7. The third-order valence-corrected chi connectivity index (χ3v) is 10.4. The van der Waals surface area contributed by atoms with Gasteiger partial charge in [-0.25, -0.2) is 14.6 Å². The van der Waals surface area contributed by atoms with Crippen LogP contribution in [0.25, 0.3) is 5.82 Å². The number of aliphatic hydroxyl groups is 2. The lowest BCUT2D eigenvalue weighted by Gasteiger charge is -2.45. The van der Waals surface area contributed by atoms with Gasteiger partial charge < -0.3 is 25.6 Å². The number of nitrogens with zero attached hydrogens (tertiary/aromatic N) is 4. The van der Waals surface area contributed by atoms with Gasteiger partial charge in [-0.1, -0.05) is 17.7 Å². The van der Waals surface area contributed by atoms with Crippen LogP contribution in [0.1, 0.15) is 56.3 Å². The van der Waals surface area contributed by atoms with Gasteiger partial charge in [-0.3, -0.25) is 9.52 Å². The van der Waals surface area contributed by atoms with E-state index in [1.54, 1.807) is 6.07 Å². The number of carbonyl (C=O) groups excluding carboxylic acids is 1. The van der Waals surface area contributed by atoms with E-state index in [4.69, 9.17) is 16.3 Å². The molecule has 1 aliphatic heterocycles. The van der Waals surface area contributed by atoms with Crippen LogP contribution in [0.4, 0.5) is 19.0 Å². The molecule has 3 unspecified atom stereocenters. The highest BCUT2D eigenvalue weighted by molar-refractivity contribution is 7.97. The summed E-state index contributed by atoms with van der Waals surface area (Å²) in [5.74, 6) is 1.12. The second kappa shape index (κ2) is 13.7. The van der Waals surface area contributed by atoms with Crippen molar-refractivity contribution in [1.29, 1.82) is 0 Å². The van der Waals surface area contributed by atoms with Crippen molar-refractivity contribution in [3.8, 4) is 11.7 Å². The van der Waals surface area contributed by atoms with E-state index in [2.05, 4.69) is 44.3 Å². The third kappa shape index (κ3) is 7.91. The van der Waals surface area contributed by atoms with Crippen LogP contribution in [0.15, 0.2) is 47.6 Å². The summed E-state index contributed by atoms with van der Waals surface area (Å²) < 4.78 is 50.4. The summed E-state index contributed by atoms with van der Waals surface area (Å²) >= 11 is 7.39. The number of alkyl halides is 3. The molecule has 0 bridgehead atoms. The van der Waals surface area contributed by atoms with Crippen molar-refractivity contribution < 1.29 is 32.9 Å². The Hall–Kier alpha value is -2.98. The third-order valence-electron chi connectivity index (χ3n) is 9.39. The van der Waals surface area contributed by atoms with Gasteiger partial charge in [0.1, 0.15) is 38.3 Å². The van der Waals surface area contributed by atoms with Crippen molar-refractivity contribution in [1.82, 2.24) is 29.8 Å². The molecular weight excluding hydrogens is 669 g/mol. The average Bonchev–Trinajstić information content (AvgIpc) is 3.62. The van der Waals surface area contributed by atoms with Gasteiger partial charge in [0, 0.05) is 36.3 Å². The molecule has 2 fully saturated rings. The molecule has 1 aliphatic carbocycles. The molecule has 11 nitrogen and oxygen atoms in total. The molecule has 48 heavy (non-hydrogen) atoms. The Morgan fingerprint density at radius 1 is 1.19 bits per heavy atom. The normalized spacial score (nSPS) is 20.8. The summed E-state index contributed by atoms with van der Waals surface area (Å²) in [6.07, 6.45) is -0.441. The van der Waals surface area contributed by atoms with Crippen LogP contribution in [0.2, 0.25) is 5.15 Å². The Morgan fingerprint density at radius 3 is 2.58 bits per heavy atom. The maximum absolute atomic E-state index is 13.6. The molecule has 0 aromatic carbocycles. The molecule has 1 amide bonds. The van der Waals surface area contributed by atoms with Crippen molar-refractivity contribution in [2.75, 3.05) is 25.0 Å². The van der Waals surface area contributed by atoms with Gasteiger partial charge in [-0.2, -0.15) is 13.2 Å². The topological polar surface area (TPSA) is 146 Å². The molecule has 3 atom stereocenters. The van der Waals surface area contributed by atoms with E-state index in [0.717, 1.165) is 53.6 Å². The number of hydrogen-bond donors (Lipinski definition) is 5. The fourth-order valence-electron chi connectivity index (χ4n) is 6.10. The molecule has 3 aromatic rings. The Labute approximate surface area is 288 Å². The highest BCUT2D eigenvalue weighted by Crippen LogP contribution is 2.64. The SMILES string of the molecule is BC(O)(COc1ccn(-c2ccc(C(=O)NSc3cccc(NCCCC4CNC(C)(C)C4)n3)c(Cl)n2)n1)C(B)(O)C1(C(F)(F)F)CC1. The van der Waals surface area contributed by atoms with E-state index in [1.165, 1.54) is 35.5 Å². The number of rotatable bonds is 14. The summed E-state index contributed by atoms with van der Waals surface area (Å²) in [7, 11) is 2.07. The average molecular weight is 708 g/mol. The van der Waals surface area contributed by atoms with Gasteiger partial charge in [-0.15, -0.1) is 5.10 Å². The summed E-state index contributed by atoms with van der Waals surface area (Å²) in [5, 5.41) is 33.2. The molecule has 0 spiro atoms. The molecule has 3 aromatic heterocycles. The van der Waals surface area contributed by atoms with Crippen molar-refractivity contribution in [3.63, 3.8) is 0 Å². The molecule has 4 heterocycles. The van der Waals surface area contributed by atoms with Gasteiger partial charge in [0.15, 0.2) is 5.82 Å². The second-order valence-electron chi connectivity index (χ2n) is 13.6. The molecule has 1 saturated heterocycles. The molecule has 5 N–H and O–H groups in total. The Balaban J connectivity index is 1.11. The molecular formula is C30H39B2ClF3N7O4S. The van der Waals surface area contributed by atoms with E-state index in [9.17, 15) is 28.2 Å². The first-order chi connectivity index (χ1) is 22.4. The van der Waals surface area contributed by atoms with Gasteiger partial charge >= 0.3 is 6.18 Å². The number of carbonyl (C=O) groups is 1. The maximum Gasteiger partial charge on any atom is 0.396 e. The maximum atomic E-state index is 13.6. The number of halogens is 4. The standard InChI is InChI=1S/C30H39B2ClF3N7O4S/c1-26(2)15-18(16-38-26)5-4-13-37-20-6-3-7-23(39-20)48-42-25(44)19-8-9-21(40-24(19)33)43-14-10-22(41-43)47-17-28(31,45)29(32,46)27(11-12-27)30(34,35)36/h3,6-10,14,18,38,45-46H,4-5,11-13,15-17,31-32H2,1-2H3,(H,37,39)(H,42,44). The lowest BCUT2D eigenvalue weighted by Crippen LogP contribution is -2.66. The Bertz CT molecular complexity index is 1630. The van der Waals surface area contributed by atoms with Crippen LogP contribution in [-0.2, 0) is 0 Å². The number of aromatic nitrogens is 4. The summed E-state index contributed by atoms with van der Waals surface area (Å²) in [6, 6.07) is 9.91. The predicted octanol–water partition coefficient (Wildman–Crippen LogP) is 2.70. The lowest BCUT2D eigenvalue weighted by molar-refractivity contribution is -0.248. The second-order valence-corrected chi connectivity index (χ2v) is 14.8. The van der Waals surface area contributed by atoms with E-state index >= 15 is 0 Å². The minimum atomic E-state index is -4.68. The van der Waals surface area contributed by atoms with Crippen molar-refractivity contribution in [2.24, 2.45) is 11.3 Å². The Morgan fingerprint density at radius 2 is 1.94 bits per heavy atom. The quantitative estimate of drug-likeness (QED) is 0.0734. The molecule has 0 radical (unpaired) electrons. The van der Waals surface area contributed by atoms with Gasteiger partial charge in [0.05, 0.1) is 22.0 Å². The van der Waals surface area contributed by atoms with Gasteiger partial charge in [-0.05, 0) is 82.7 Å². The molecule has 18 heteroatoms. The summed E-state index contributed by atoms with van der Waals surface area (Å²) in [5.41, 5.74) is -6.81. The zero-order valence-corrected chi connectivity index (χ0v) is 28.8. The van der Waals surface area contributed by atoms with Crippen LogP contribution < -0.4 is 20.1 Å². The monoisotopic (exact) mass is 707 g/mol. The molecule has 258 valence electrons.